The van der Waals surface area contributed by atoms with Crippen molar-refractivity contribution in [3.8, 4) is 0 Å². The first-order chi connectivity index (χ1) is 10.4. The van der Waals surface area contributed by atoms with Gasteiger partial charge in [-0.05, 0) is 43.9 Å². The highest BCUT2D eigenvalue weighted by atomic mass is 32.2. The number of rotatable bonds is 6. The maximum atomic E-state index is 12.7. The number of hydrogen-bond acceptors (Lipinski definition) is 4. The molecule has 1 aromatic heterocycles. The maximum absolute atomic E-state index is 12.7. The molecule has 7 heteroatoms. The van der Waals surface area contributed by atoms with E-state index in [1.165, 1.54) is 10.6 Å². The second-order valence-corrected chi connectivity index (χ2v) is 7.49. The Morgan fingerprint density at radius 3 is 2.68 bits per heavy atom. The molecule has 1 unspecified atom stereocenters. The number of carbonyl (C=O) groups excluding carboxylic acids is 1. The van der Waals surface area contributed by atoms with Crippen molar-refractivity contribution in [2.45, 2.75) is 32.2 Å². The van der Waals surface area contributed by atoms with Crippen LogP contribution in [0.5, 0.6) is 0 Å². The number of likely N-dealkylation sites (N-methyl/N-ethyl adjacent to an activating group) is 1. The van der Waals surface area contributed by atoms with Crippen molar-refractivity contribution in [2.75, 3.05) is 25.9 Å². The van der Waals surface area contributed by atoms with Gasteiger partial charge in [0, 0.05) is 32.0 Å². The molecule has 1 aromatic rings. The molecular formula is C15H23N3O3S. The van der Waals surface area contributed by atoms with Crippen LogP contribution in [0.15, 0.2) is 24.5 Å². The second kappa shape index (κ2) is 7.19. The summed E-state index contributed by atoms with van der Waals surface area (Å²) in [4.78, 5) is 18.4. The molecule has 1 aliphatic rings. The van der Waals surface area contributed by atoms with E-state index in [0.29, 0.717) is 26.1 Å². The zero-order valence-electron chi connectivity index (χ0n) is 13.1. The monoisotopic (exact) mass is 325 g/mol. The lowest BCUT2D eigenvalue weighted by atomic mass is 10.1. The summed E-state index contributed by atoms with van der Waals surface area (Å²) < 4.78 is 24.9. The lowest BCUT2D eigenvalue weighted by Gasteiger charge is -2.28. The molecule has 1 atom stereocenters. The van der Waals surface area contributed by atoms with Crippen LogP contribution in [-0.2, 0) is 21.2 Å². The highest BCUT2D eigenvalue weighted by Crippen LogP contribution is 2.22. The van der Waals surface area contributed by atoms with Crippen LogP contribution >= 0.6 is 0 Å². The molecule has 0 aliphatic carbocycles. The van der Waals surface area contributed by atoms with Gasteiger partial charge in [-0.2, -0.15) is 4.31 Å². The Labute approximate surface area is 132 Å². The van der Waals surface area contributed by atoms with E-state index in [9.17, 15) is 13.2 Å². The molecule has 2 heterocycles. The van der Waals surface area contributed by atoms with Gasteiger partial charge in [0.2, 0.25) is 15.9 Å². The van der Waals surface area contributed by atoms with E-state index >= 15 is 0 Å². The molecule has 0 bridgehead atoms. The van der Waals surface area contributed by atoms with Crippen molar-refractivity contribution in [2.24, 2.45) is 0 Å². The fraction of sp³-hybridized carbons (Fsp3) is 0.600. The molecule has 0 spiro atoms. The third-order valence-corrected chi connectivity index (χ3v) is 5.32. The van der Waals surface area contributed by atoms with Gasteiger partial charge < -0.3 is 4.90 Å². The van der Waals surface area contributed by atoms with Crippen molar-refractivity contribution < 1.29 is 13.2 Å². The highest BCUT2D eigenvalue weighted by molar-refractivity contribution is 7.88. The van der Waals surface area contributed by atoms with E-state index in [1.807, 2.05) is 19.1 Å². The van der Waals surface area contributed by atoms with Gasteiger partial charge in [-0.3, -0.25) is 9.78 Å². The number of amides is 1. The van der Waals surface area contributed by atoms with Gasteiger partial charge in [-0.1, -0.05) is 0 Å². The lowest BCUT2D eigenvalue weighted by molar-refractivity contribution is -0.134. The van der Waals surface area contributed by atoms with Crippen molar-refractivity contribution in [3.63, 3.8) is 0 Å². The fourth-order valence-corrected chi connectivity index (χ4v) is 3.95. The topological polar surface area (TPSA) is 70.6 Å². The average molecular weight is 325 g/mol. The van der Waals surface area contributed by atoms with Crippen molar-refractivity contribution in [1.29, 1.82) is 0 Å². The molecule has 1 fully saturated rings. The molecule has 1 aliphatic heterocycles. The zero-order valence-corrected chi connectivity index (χ0v) is 13.9. The van der Waals surface area contributed by atoms with Crippen LogP contribution in [0, 0.1) is 0 Å². The summed E-state index contributed by atoms with van der Waals surface area (Å²) in [5, 5.41) is 0. The Kier molecular flexibility index (Phi) is 5.52. The normalized spacial score (nSPS) is 19.3. The Hall–Kier alpha value is -1.47. The minimum atomic E-state index is -3.33. The van der Waals surface area contributed by atoms with Gasteiger partial charge >= 0.3 is 0 Å². The Morgan fingerprint density at radius 2 is 2.09 bits per heavy atom. The van der Waals surface area contributed by atoms with E-state index in [1.54, 1.807) is 17.3 Å². The van der Waals surface area contributed by atoms with Crippen LogP contribution in [0.2, 0.25) is 0 Å². The first-order valence-electron chi connectivity index (χ1n) is 7.58. The number of hydrogen-bond donors (Lipinski definition) is 0. The van der Waals surface area contributed by atoms with Gasteiger partial charge in [0.1, 0.15) is 6.04 Å². The van der Waals surface area contributed by atoms with Gasteiger partial charge in [0.05, 0.1) is 6.26 Å². The molecule has 6 nitrogen and oxygen atoms in total. The highest BCUT2D eigenvalue weighted by Gasteiger charge is 2.38. The number of pyridine rings is 1. The fourth-order valence-electron chi connectivity index (χ4n) is 2.83. The molecular weight excluding hydrogens is 302 g/mol. The third kappa shape index (κ3) is 4.04. The van der Waals surface area contributed by atoms with Crippen LogP contribution in [0.3, 0.4) is 0 Å². The van der Waals surface area contributed by atoms with Gasteiger partial charge in [-0.15, -0.1) is 0 Å². The van der Waals surface area contributed by atoms with E-state index in [2.05, 4.69) is 4.98 Å². The largest absolute Gasteiger partial charge is 0.341 e. The SMILES string of the molecule is CCN(CCc1ccncc1)C(=O)C1CCCN1S(C)(=O)=O. The summed E-state index contributed by atoms with van der Waals surface area (Å²) in [6, 6.07) is 3.32. The third-order valence-electron chi connectivity index (χ3n) is 4.03. The van der Waals surface area contributed by atoms with E-state index in [0.717, 1.165) is 18.4 Å². The van der Waals surface area contributed by atoms with Crippen LogP contribution in [0.4, 0.5) is 0 Å². The van der Waals surface area contributed by atoms with Crippen molar-refractivity contribution in [1.82, 2.24) is 14.2 Å². The second-order valence-electron chi connectivity index (χ2n) is 5.56. The van der Waals surface area contributed by atoms with Gasteiger partial charge in [0.25, 0.3) is 0 Å². The summed E-state index contributed by atoms with van der Waals surface area (Å²) in [6.45, 7) is 3.53. The predicted molar refractivity (Wildman–Crippen MR) is 84.8 cm³/mol. The first kappa shape index (κ1) is 16.9. The van der Waals surface area contributed by atoms with Crippen molar-refractivity contribution >= 4 is 15.9 Å². The van der Waals surface area contributed by atoms with Crippen molar-refractivity contribution in [3.05, 3.63) is 30.1 Å². The number of sulfonamides is 1. The molecule has 0 N–H and O–H groups in total. The molecule has 0 saturated carbocycles. The number of nitrogens with zero attached hydrogens (tertiary/aromatic N) is 3. The Balaban J connectivity index is 2.02. The predicted octanol–water partition coefficient (Wildman–Crippen LogP) is 0.897. The average Bonchev–Trinajstić information content (AvgIpc) is 2.98. The van der Waals surface area contributed by atoms with E-state index < -0.39 is 16.1 Å². The molecule has 122 valence electrons. The van der Waals surface area contributed by atoms with Gasteiger partial charge in [0.15, 0.2) is 0 Å². The smallest absolute Gasteiger partial charge is 0.241 e. The summed E-state index contributed by atoms with van der Waals surface area (Å²) in [5.41, 5.74) is 1.12. The first-order valence-corrected chi connectivity index (χ1v) is 9.43. The lowest BCUT2D eigenvalue weighted by Crippen LogP contribution is -2.47. The molecule has 2 rings (SSSR count). The molecule has 0 aromatic carbocycles. The van der Waals surface area contributed by atoms with E-state index in [-0.39, 0.29) is 5.91 Å². The summed E-state index contributed by atoms with van der Waals surface area (Å²) in [6.07, 6.45) is 6.73. The molecule has 0 radical (unpaired) electrons. The quantitative estimate of drug-likeness (QED) is 0.779. The minimum Gasteiger partial charge on any atom is -0.341 e. The zero-order chi connectivity index (χ0) is 16.2. The molecule has 22 heavy (non-hydrogen) atoms. The number of aromatic nitrogens is 1. The Morgan fingerprint density at radius 1 is 1.41 bits per heavy atom. The standard InChI is InChI=1S/C15H23N3O3S/c1-3-17(12-8-13-6-9-16-10-7-13)15(19)14-5-4-11-18(14)22(2,20)21/h6-7,9-10,14H,3-5,8,11-12H2,1-2H3. The molecule has 1 saturated heterocycles. The molecule has 1 amide bonds. The Bertz CT molecular complexity index is 604. The van der Waals surface area contributed by atoms with Crippen LogP contribution in [-0.4, -0.2) is 60.4 Å². The van der Waals surface area contributed by atoms with Crippen LogP contribution in [0.25, 0.3) is 0 Å². The van der Waals surface area contributed by atoms with Gasteiger partial charge in [-0.25, -0.2) is 8.42 Å². The maximum Gasteiger partial charge on any atom is 0.241 e. The summed E-state index contributed by atoms with van der Waals surface area (Å²) in [7, 11) is -3.33. The number of carbonyl (C=O) groups is 1. The summed E-state index contributed by atoms with van der Waals surface area (Å²) in [5.74, 6) is -0.0838. The summed E-state index contributed by atoms with van der Waals surface area (Å²) >= 11 is 0. The minimum absolute atomic E-state index is 0.0838. The van der Waals surface area contributed by atoms with Crippen LogP contribution in [0.1, 0.15) is 25.3 Å². The van der Waals surface area contributed by atoms with Crippen LogP contribution < -0.4 is 0 Å². The van der Waals surface area contributed by atoms with E-state index in [4.69, 9.17) is 0 Å².